The van der Waals surface area contributed by atoms with Crippen LogP contribution in [-0.4, -0.2) is 80.0 Å². The molecule has 0 aliphatic carbocycles. The normalized spacial score (nSPS) is 19.3. The maximum atomic E-state index is 13.0. The Balaban J connectivity index is 1.27. The van der Waals surface area contributed by atoms with Gasteiger partial charge in [-0.15, -0.1) is 11.3 Å². The molecule has 9 nitrogen and oxygen atoms in total. The summed E-state index contributed by atoms with van der Waals surface area (Å²) in [6.45, 7) is 2.23. The van der Waals surface area contributed by atoms with Crippen LogP contribution in [0.5, 0.6) is 0 Å². The van der Waals surface area contributed by atoms with Gasteiger partial charge < -0.3 is 15.2 Å². The fraction of sp³-hybridized carbons (Fsp3) is 0.385. The highest BCUT2D eigenvalue weighted by atomic mass is 32.2. The Bertz CT molecular complexity index is 1410. The molecule has 2 aliphatic heterocycles. The summed E-state index contributed by atoms with van der Waals surface area (Å²) in [6.07, 6.45) is 2.37. The largest absolute Gasteiger partial charge is 0.477 e. The minimum Gasteiger partial charge on any atom is -0.477 e. The summed E-state index contributed by atoms with van der Waals surface area (Å²) >= 11 is 1.29. The monoisotopic (exact) mass is 543 g/mol. The van der Waals surface area contributed by atoms with Crippen molar-refractivity contribution < 1.29 is 27.9 Å². The second-order valence-corrected chi connectivity index (χ2v) is 12.3. The summed E-state index contributed by atoms with van der Waals surface area (Å²) < 4.78 is 33.5. The zero-order valence-corrected chi connectivity index (χ0v) is 21.9. The van der Waals surface area contributed by atoms with Gasteiger partial charge in [0, 0.05) is 29.5 Å². The van der Waals surface area contributed by atoms with E-state index in [0.717, 1.165) is 35.0 Å². The van der Waals surface area contributed by atoms with Gasteiger partial charge in [-0.05, 0) is 61.0 Å². The van der Waals surface area contributed by atoms with Gasteiger partial charge >= 0.3 is 5.97 Å². The number of carbonyl (C=O) groups is 2. The molecule has 2 aromatic carbocycles. The van der Waals surface area contributed by atoms with Crippen molar-refractivity contribution in [1.29, 1.82) is 0 Å². The third kappa shape index (κ3) is 5.55. The van der Waals surface area contributed by atoms with E-state index in [1.54, 1.807) is 12.1 Å². The number of hydrogen-bond acceptors (Lipinski definition) is 7. The van der Waals surface area contributed by atoms with Crippen LogP contribution in [0.1, 0.15) is 28.1 Å². The van der Waals surface area contributed by atoms with Crippen molar-refractivity contribution in [2.45, 2.75) is 30.2 Å². The fourth-order valence-electron chi connectivity index (χ4n) is 5.10. The maximum Gasteiger partial charge on any atom is 0.346 e. The molecule has 3 heterocycles. The molecule has 2 N–H and O–H groups in total. The first-order valence-electron chi connectivity index (χ1n) is 12.3. The number of aromatic carboxylic acids is 1. The second kappa shape index (κ2) is 10.9. The molecule has 2 saturated heterocycles. The van der Waals surface area contributed by atoms with E-state index in [4.69, 9.17) is 4.74 Å². The number of benzene rings is 2. The Morgan fingerprint density at radius 3 is 2.65 bits per heavy atom. The van der Waals surface area contributed by atoms with Crippen LogP contribution < -0.4 is 5.32 Å². The van der Waals surface area contributed by atoms with E-state index in [1.807, 2.05) is 24.3 Å². The Morgan fingerprint density at radius 2 is 1.86 bits per heavy atom. The summed E-state index contributed by atoms with van der Waals surface area (Å²) in [7, 11) is -3.67. The summed E-state index contributed by atoms with van der Waals surface area (Å²) in [5.41, 5.74) is 1.25. The van der Waals surface area contributed by atoms with Crippen LogP contribution in [-0.2, 0) is 26.0 Å². The molecule has 5 rings (SSSR count). The third-order valence-electron chi connectivity index (χ3n) is 6.90. The van der Waals surface area contributed by atoms with Gasteiger partial charge in [-0.3, -0.25) is 9.69 Å². The molecular formula is C26H29N3O6S2. The Labute approximate surface area is 219 Å². The molecule has 0 radical (unpaired) electrons. The molecule has 0 spiro atoms. The van der Waals surface area contributed by atoms with E-state index in [-0.39, 0.29) is 23.4 Å². The van der Waals surface area contributed by atoms with Gasteiger partial charge in [0.2, 0.25) is 15.9 Å². The standard InChI is InChI=1S/C26H29N3O6S2/c30-24(27-18-5-3-7-20(15-18)37(33,34)29-11-13-35-14-12-29)17-28-10-4-6-19(28)16-22-21-8-1-2-9-23(21)36-25(22)26(31)32/h1-3,5,7-9,15,19H,4,6,10-14,16-17H2,(H,27,30)(H,31,32)/t19-/m1/s1. The number of hydrogen-bond donors (Lipinski definition) is 2. The van der Waals surface area contributed by atoms with Gasteiger partial charge in [0.15, 0.2) is 0 Å². The minimum atomic E-state index is -3.67. The third-order valence-corrected chi connectivity index (χ3v) is 10.00. The first-order chi connectivity index (χ1) is 17.8. The summed E-state index contributed by atoms with van der Waals surface area (Å²) in [6, 6.07) is 14.1. The second-order valence-electron chi connectivity index (χ2n) is 9.27. The van der Waals surface area contributed by atoms with Crippen molar-refractivity contribution in [2.24, 2.45) is 0 Å². The minimum absolute atomic E-state index is 0.0508. The lowest BCUT2D eigenvalue weighted by molar-refractivity contribution is -0.117. The van der Waals surface area contributed by atoms with Crippen LogP contribution in [0.15, 0.2) is 53.4 Å². The van der Waals surface area contributed by atoms with Crippen molar-refractivity contribution in [1.82, 2.24) is 9.21 Å². The molecule has 3 aromatic rings. The number of nitrogens with zero attached hydrogens (tertiary/aromatic N) is 2. The number of carboxylic acids is 1. The van der Waals surface area contributed by atoms with Crippen LogP contribution in [0.4, 0.5) is 5.69 Å². The number of morpholine rings is 1. The number of ether oxygens (including phenoxy) is 1. The Kier molecular flexibility index (Phi) is 7.59. The smallest absolute Gasteiger partial charge is 0.346 e. The number of fused-ring (bicyclic) bond motifs is 1. The number of likely N-dealkylation sites (tertiary alicyclic amines) is 1. The highest BCUT2D eigenvalue weighted by Crippen LogP contribution is 2.34. The maximum absolute atomic E-state index is 13.0. The number of nitrogens with one attached hydrogen (secondary N) is 1. The number of thiophene rings is 1. The SMILES string of the molecule is O=C(CN1CCC[C@@H]1Cc1c(C(=O)O)sc2ccccc12)Nc1cccc(S(=O)(=O)N2CCOCC2)c1. The molecule has 1 amide bonds. The predicted molar refractivity (Wildman–Crippen MR) is 142 cm³/mol. The summed E-state index contributed by atoms with van der Waals surface area (Å²) in [4.78, 5) is 27.4. The van der Waals surface area contributed by atoms with Crippen molar-refractivity contribution in [3.05, 3.63) is 59.0 Å². The van der Waals surface area contributed by atoms with Crippen molar-refractivity contribution in [3.8, 4) is 0 Å². The molecule has 0 bridgehead atoms. The molecule has 0 saturated carbocycles. The number of sulfonamides is 1. The lowest BCUT2D eigenvalue weighted by Crippen LogP contribution is -2.40. The number of carboxylic acid groups (broad SMARTS) is 1. The molecule has 37 heavy (non-hydrogen) atoms. The van der Waals surface area contributed by atoms with E-state index in [0.29, 0.717) is 43.3 Å². The van der Waals surface area contributed by atoms with Crippen LogP contribution in [0, 0.1) is 0 Å². The fourth-order valence-corrected chi connectivity index (χ4v) is 7.63. The lowest BCUT2D eigenvalue weighted by Gasteiger charge is -2.26. The highest BCUT2D eigenvalue weighted by molar-refractivity contribution is 7.89. The molecule has 196 valence electrons. The van der Waals surface area contributed by atoms with Gasteiger partial charge in [0.1, 0.15) is 4.88 Å². The predicted octanol–water partition coefficient (Wildman–Crippen LogP) is 3.27. The highest BCUT2D eigenvalue weighted by Gasteiger charge is 2.30. The Morgan fingerprint density at radius 1 is 1.08 bits per heavy atom. The van der Waals surface area contributed by atoms with Gasteiger partial charge in [0.25, 0.3) is 0 Å². The molecule has 0 unspecified atom stereocenters. The van der Waals surface area contributed by atoms with Crippen molar-refractivity contribution >= 4 is 49.0 Å². The van der Waals surface area contributed by atoms with E-state index in [1.165, 1.54) is 27.8 Å². The van der Waals surface area contributed by atoms with Gasteiger partial charge in [-0.2, -0.15) is 4.31 Å². The van der Waals surface area contributed by atoms with Gasteiger partial charge in [0.05, 0.1) is 24.7 Å². The van der Waals surface area contributed by atoms with Crippen LogP contribution in [0.2, 0.25) is 0 Å². The average Bonchev–Trinajstić information content (AvgIpc) is 3.49. The molecule has 1 aromatic heterocycles. The zero-order chi connectivity index (χ0) is 26.0. The topological polar surface area (TPSA) is 116 Å². The average molecular weight is 544 g/mol. The summed E-state index contributed by atoms with van der Waals surface area (Å²) in [5, 5.41) is 13.6. The molecule has 11 heteroatoms. The Hall–Kier alpha value is -2.83. The number of rotatable bonds is 8. The number of anilines is 1. The van der Waals surface area contributed by atoms with E-state index < -0.39 is 16.0 Å². The van der Waals surface area contributed by atoms with Crippen molar-refractivity contribution in [2.75, 3.05) is 44.7 Å². The van der Waals surface area contributed by atoms with Gasteiger partial charge in [-0.25, -0.2) is 13.2 Å². The molecular weight excluding hydrogens is 514 g/mol. The zero-order valence-electron chi connectivity index (χ0n) is 20.3. The van der Waals surface area contributed by atoms with Crippen LogP contribution >= 0.6 is 11.3 Å². The van der Waals surface area contributed by atoms with Gasteiger partial charge in [-0.1, -0.05) is 24.3 Å². The number of carbonyl (C=O) groups excluding carboxylic acids is 1. The van der Waals surface area contributed by atoms with Crippen molar-refractivity contribution in [3.63, 3.8) is 0 Å². The van der Waals surface area contributed by atoms with Crippen LogP contribution in [0.25, 0.3) is 10.1 Å². The molecule has 2 fully saturated rings. The number of amides is 1. The summed E-state index contributed by atoms with van der Waals surface area (Å²) in [5.74, 6) is -1.16. The quantitative estimate of drug-likeness (QED) is 0.448. The van der Waals surface area contributed by atoms with Crippen LogP contribution in [0.3, 0.4) is 0 Å². The molecule has 1 atom stereocenters. The first-order valence-corrected chi connectivity index (χ1v) is 14.5. The lowest BCUT2D eigenvalue weighted by atomic mass is 10.0. The van der Waals surface area contributed by atoms with E-state index >= 15 is 0 Å². The molecule has 2 aliphatic rings. The van der Waals surface area contributed by atoms with E-state index in [2.05, 4.69) is 10.2 Å². The van der Waals surface area contributed by atoms with E-state index in [9.17, 15) is 23.1 Å². The first kappa shape index (κ1) is 25.8.